The van der Waals surface area contributed by atoms with Crippen LogP contribution in [0.1, 0.15) is 31.2 Å². The van der Waals surface area contributed by atoms with Gasteiger partial charge in [0.25, 0.3) is 0 Å². The van der Waals surface area contributed by atoms with Gasteiger partial charge in [-0.3, -0.25) is 14.6 Å². The van der Waals surface area contributed by atoms with Gasteiger partial charge in [0.05, 0.1) is 6.54 Å². The lowest BCUT2D eigenvalue weighted by atomic mass is 9.87. The Morgan fingerprint density at radius 3 is 2.83 bits per heavy atom. The van der Waals surface area contributed by atoms with E-state index < -0.39 is 5.54 Å². The van der Waals surface area contributed by atoms with Crippen LogP contribution >= 0.6 is 0 Å². The number of nitrogens with two attached hydrogens (primary N) is 1. The summed E-state index contributed by atoms with van der Waals surface area (Å²) >= 11 is 0. The van der Waals surface area contributed by atoms with Crippen LogP contribution in [-0.4, -0.2) is 59.3 Å². The van der Waals surface area contributed by atoms with Crippen LogP contribution in [-0.2, 0) is 16.0 Å². The minimum absolute atomic E-state index is 0.00277. The van der Waals surface area contributed by atoms with Crippen LogP contribution in [0.3, 0.4) is 0 Å². The zero-order valence-electron chi connectivity index (χ0n) is 14.0. The van der Waals surface area contributed by atoms with E-state index in [2.05, 4.69) is 4.98 Å². The molecule has 23 heavy (non-hydrogen) atoms. The number of hydrogen-bond donors (Lipinski definition) is 1. The number of nitrogens with zero attached hydrogens (tertiary/aromatic N) is 3. The monoisotopic (exact) mass is 318 g/mol. The molecule has 1 saturated heterocycles. The highest BCUT2D eigenvalue weighted by Gasteiger charge is 2.49. The van der Waals surface area contributed by atoms with E-state index in [1.54, 1.807) is 30.1 Å². The molecule has 1 aliphatic heterocycles. The van der Waals surface area contributed by atoms with Gasteiger partial charge in [-0.2, -0.15) is 0 Å². The molecule has 0 spiro atoms. The Bertz CT molecular complexity index is 547. The Kier molecular flexibility index (Phi) is 5.71. The summed E-state index contributed by atoms with van der Waals surface area (Å²) in [6, 6.07) is 3.95. The number of pyridine rings is 1. The standard InChI is InChI=1S/C17H26N4O2/c1-20(2)16(23)17(9-5-11-21(17)15(22)12-18)8-3-6-14-7-4-10-19-13-14/h4,7,10,13H,3,5-6,8-9,11-12,18H2,1-2H3. The lowest BCUT2D eigenvalue weighted by molar-refractivity contribution is -0.149. The molecule has 1 atom stereocenters. The molecule has 2 rings (SSSR count). The molecule has 0 aromatic carbocycles. The summed E-state index contributed by atoms with van der Waals surface area (Å²) in [5.74, 6) is -0.137. The molecule has 1 aromatic rings. The van der Waals surface area contributed by atoms with E-state index in [4.69, 9.17) is 5.73 Å². The molecule has 1 fully saturated rings. The molecule has 0 bridgehead atoms. The molecule has 1 unspecified atom stereocenters. The molecule has 6 heteroatoms. The van der Waals surface area contributed by atoms with Crippen LogP contribution in [0.5, 0.6) is 0 Å². The van der Waals surface area contributed by atoms with Gasteiger partial charge in [-0.15, -0.1) is 0 Å². The summed E-state index contributed by atoms with van der Waals surface area (Å²) in [5, 5.41) is 0. The van der Waals surface area contributed by atoms with Gasteiger partial charge in [0.2, 0.25) is 11.8 Å². The summed E-state index contributed by atoms with van der Waals surface area (Å²) in [7, 11) is 3.49. The van der Waals surface area contributed by atoms with E-state index in [1.165, 1.54) is 0 Å². The van der Waals surface area contributed by atoms with Crippen molar-refractivity contribution in [2.75, 3.05) is 27.2 Å². The van der Waals surface area contributed by atoms with Crippen molar-refractivity contribution in [1.29, 1.82) is 0 Å². The van der Waals surface area contributed by atoms with Crippen molar-refractivity contribution in [1.82, 2.24) is 14.8 Å². The largest absolute Gasteiger partial charge is 0.347 e. The normalized spacial score (nSPS) is 20.6. The van der Waals surface area contributed by atoms with Crippen molar-refractivity contribution in [2.45, 2.75) is 37.6 Å². The smallest absolute Gasteiger partial charge is 0.248 e. The molecule has 1 aromatic heterocycles. The zero-order chi connectivity index (χ0) is 16.9. The summed E-state index contributed by atoms with van der Waals surface area (Å²) in [4.78, 5) is 32.4. The van der Waals surface area contributed by atoms with E-state index in [1.807, 2.05) is 18.3 Å². The predicted octanol–water partition coefficient (Wildman–Crippen LogP) is 0.812. The number of aryl methyl sites for hydroxylation is 1. The molecule has 1 aliphatic rings. The fourth-order valence-electron chi connectivity index (χ4n) is 3.49. The van der Waals surface area contributed by atoms with Gasteiger partial charge in [0, 0.05) is 33.0 Å². The third-order valence-corrected chi connectivity index (χ3v) is 4.55. The van der Waals surface area contributed by atoms with Crippen LogP contribution < -0.4 is 5.73 Å². The average Bonchev–Trinajstić information content (AvgIpc) is 2.99. The van der Waals surface area contributed by atoms with Crippen LogP contribution in [0.2, 0.25) is 0 Å². The second-order valence-electron chi connectivity index (χ2n) is 6.30. The maximum Gasteiger partial charge on any atom is 0.248 e. The number of likely N-dealkylation sites (tertiary alicyclic amines) is 1. The zero-order valence-corrected chi connectivity index (χ0v) is 14.0. The number of hydrogen-bond acceptors (Lipinski definition) is 4. The highest BCUT2D eigenvalue weighted by molar-refractivity contribution is 5.92. The number of amides is 2. The maximum atomic E-state index is 12.8. The second kappa shape index (κ2) is 7.55. The van der Waals surface area contributed by atoms with Gasteiger partial charge in [0.15, 0.2) is 0 Å². The second-order valence-corrected chi connectivity index (χ2v) is 6.30. The molecule has 126 valence electrons. The first-order valence-electron chi connectivity index (χ1n) is 8.12. The third kappa shape index (κ3) is 3.69. The predicted molar refractivity (Wildman–Crippen MR) is 88.6 cm³/mol. The summed E-state index contributed by atoms with van der Waals surface area (Å²) in [6.45, 7) is 0.563. The number of carbonyl (C=O) groups is 2. The van der Waals surface area contributed by atoms with Crippen molar-refractivity contribution in [3.05, 3.63) is 30.1 Å². The maximum absolute atomic E-state index is 12.8. The summed E-state index contributed by atoms with van der Waals surface area (Å²) < 4.78 is 0. The molecular weight excluding hydrogens is 292 g/mol. The molecule has 2 N–H and O–H groups in total. The first-order chi connectivity index (χ1) is 11.0. The van der Waals surface area contributed by atoms with Gasteiger partial charge in [-0.1, -0.05) is 6.07 Å². The topological polar surface area (TPSA) is 79.5 Å². The highest BCUT2D eigenvalue weighted by Crippen LogP contribution is 2.35. The first kappa shape index (κ1) is 17.4. The van der Waals surface area contributed by atoms with E-state index in [0.29, 0.717) is 19.4 Å². The Morgan fingerprint density at radius 1 is 1.43 bits per heavy atom. The number of carbonyl (C=O) groups excluding carboxylic acids is 2. The minimum atomic E-state index is -0.734. The Morgan fingerprint density at radius 2 is 2.22 bits per heavy atom. The van der Waals surface area contributed by atoms with Crippen molar-refractivity contribution in [3.63, 3.8) is 0 Å². The van der Waals surface area contributed by atoms with Crippen molar-refractivity contribution in [2.24, 2.45) is 5.73 Å². The number of aromatic nitrogens is 1. The fraction of sp³-hybridized carbons (Fsp3) is 0.588. The van der Waals surface area contributed by atoms with Crippen LogP contribution in [0.25, 0.3) is 0 Å². The first-order valence-corrected chi connectivity index (χ1v) is 8.12. The fourth-order valence-corrected chi connectivity index (χ4v) is 3.49. The van der Waals surface area contributed by atoms with Crippen molar-refractivity contribution < 1.29 is 9.59 Å². The van der Waals surface area contributed by atoms with E-state index in [9.17, 15) is 9.59 Å². The van der Waals surface area contributed by atoms with Gasteiger partial charge >= 0.3 is 0 Å². The quantitative estimate of drug-likeness (QED) is 0.842. The van der Waals surface area contributed by atoms with E-state index in [-0.39, 0.29) is 18.4 Å². The molecule has 6 nitrogen and oxygen atoms in total. The SMILES string of the molecule is CN(C)C(=O)C1(CCCc2cccnc2)CCCN1C(=O)CN. The Hall–Kier alpha value is -1.95. The molecule has 2 amide bonds. The summed E-state index contributed by atoms with van der Waals surface area (Å²) in [6.07, 6.45) is 7.49. The van der Waals surface area contributed by atoms with Crippen LogP contribution in [0.15, 0.2) is 24.5 Å². The molecule has 0 aliphatic carbocycles. The average molecular weight is 318 g/mol. The molecule has 0 saturated carbocycles. The van der Waals surface area contributed by atoms with Crippen molar-refractivity contribution >= 4 is 11.8 Å². The Balaban J connectivity index is 2.14. The molecule has 0 radical (unpaired) electrons. The highest BCUT2D eigenvalue weighted by atomic mass is 16.2. The Labute approximate surface area is 137 Å². The van der Waals surface area contributed by atoms with Crippen molar-refractivity contribution in [3.8, 4) is 0 Å². The van der Waals surface area contributed by atoms with Crippen LogP contribution in [0.4, 0.5) is 0 Å². The number of rotatable bonds is 6. The third-order valence-electron chi connectivity index (χ3n) is 4.55. The van der Waals surface area contributed by atoms with E-state index >= 15 is 0 Å². The lowest BCUT2D eigenvalue weighted by Gasteiger charge is -2.39. The molecular formula is C17H26N4O2. The van der Waals surface area contributed by atoms with Gasteiger partial charge in [-0.25, -0.2) is 0 Å². The van der Waals surface area contributed by atoms with Crippen LogP contribution in [0, 0.1) is 0 Å². The van der Waals surface area contributed by atoms with Gasteiger partial charge in [0.1, 0.15) is 5.54 Å². The van der Waals surface area contributed by atoms with E-state index in [0.717, 1.165) is 24.8 Å². The molecule has 2 heterocycles. The van der Waals surface area contributed by atoms with Gasteiger partial charge in [-0.05, 0) is 43.7 Å². The van der Waals surface area contributed by atoms with Gasteiger partial charge < -0.3 is 15.5 Å². The minimum Gasteiger partial charge on any atom is -0.347 e. The number of likely N-dealkylation sites (N-methyl/N-ethyl adjacent to an activating group) is 1. The lowest BCUT2D eigenvalue weighted by Crippen LogP contribution is -2.58. The summed E-state index contributed by atoms with van der Waals surface area (Å²) in [5.41, 5.74) is 5.96.